The van der Waals surface area contributed by atoms with Crippen molar-refractivity contribution in [2.45, 2.75) is 25.7 Å². The van der Waals surface area contributed by atoms with Crippen molar-refractivity contribution in [2.24, 2.45) is 0 Å². The molecule has 2 amide bonds. The number of rotatable bonds is 8. The quantitative estimate of drug-likeness (QED) is 0.304. The predicted octanol–water partition coefficient (Wildman–Crippen LogP) is 4.86. The molecule has 0 saturated carbocycles. The lowest BCUT2D eigenvalue weighted by molar-refractivity contribution is -0.131. The molecule has 4 rings (SSSR count). The summed E-state index contributed by atoms with van der Waals surface area (Å²) >= 11 is 8.39. The minimum absolute atomic E-state index is 0.000707. The van der Waals surface area contributed by atoms with Crippen LogP contribution in [0.4, 0.5) is 5.69 Å². The maximum atomic E-state index is 12.6. The molecule has 1 aromatic carbocycles. The molecular weight excluding hydrogens is 458 g/mol. The number of carbonyl (C=O) groups is 2. The summed E-state index contributed by atoms with van der Waals surface area (Å²) in [6, 6.07) is 14.3. The fourth-order valence-electron chi connectivity index (χ4n) is 3.93. The molecule has 2 fully saturated rings. The third-order valence-electron chi connectivity index (χ3n) is 5.72. The minimum atomic E-state index is 0.000707. The average Bonchev–Trinajstić information content (AvgIpc) is 3.43. The topological polar surface area (TPSA) is 43.9 Å². The summed E-state index contributed by atoms with van der Waals surface area (Å²) in [5, 5.41) is 2.00. The third-order valence-corrected chi connectivity index (χ3v) is 7.91. The predicted molar refractivity (Wildman–Crippen MR) is 138 cm³/mol. The van der Waals surface area contributed by atoms with E-state index in [0.29, 0.717) is 22.2 Å². The van der Waals surface area contributed by atoms with Crippen LogP contribution in [0.25, 0.3) is 6.08 Å². The number of carbonyl (C=O) groups excluding carboxylic acids is 2. The third kappa shape index (κ3) is 5.79. The van der Waals surface area contributed by atoms with Crippen molar-refractivity contribution in [3.8, 4) is 0 Å². The summed E-state index contributed by atoms with van der Waals surface area (Å²) in [5.74, 6) is 0.239. The minimum Gasteiger partial charge on any atom is -0.368 e. The van der Waals surface area contributed by atoms with Crippen molar-refractivity contribution in [3.63, 3.8) is 0 Å². The van der Waals surface area contributed by atoms with Gasteiger partial charge in [-0.05, 0) is 42.5 Å². The van der Waals surface area contributed by atoms with Gasteiger partial charge in [-0.25, -0.2) is 0 Å². The highest BCUT2D eigenvalue weighted by Gasteiger charge is 2.31. The van der Waals surface area contributed by atoms with Crippen LogP contribution >= 0.6 is 35.3 Å². The molecule has 0 aliphatic carbocycles. The monoisotopic (exact) mass is 485 g/mol. The van der Waals surface area contributed by atoms with Crippen LogP contribution in [-0.2, 0) is 9.59 Å². The summed E-state index contributed by atoms with van der Waals surface area (Å²) < 4.78 is 0.630. The van der Waals surface area contributed by atoms with Crippen LogP contribution in [0.2, 0.25) is 0 Å². The van der Waals surface area contributed by atoms with Crippen LogP contribution in [0, 0.1) is 0 Å². The molecule has 168 valence electrons. The molecule has 3 heterocycles. The summed E-state index contributed by atoms with van der Waals surface area (Å²) in [5.41, 5.74) is 1.22. The molecular formula is C24H27N3O2S3. The van der Waals surface area contributed by atoms with Crippen LogP contribution in [0.15, 0.2) is 52.7 Å². The van der Waals surface area contributed by atoms with Crippen LogP contribution in [0.3, 0.4) is 0 Å². The number of unbranched alkanes of at least 4 members (excludes halogenated alkanes) is 2. The van der Waals surface area contributed by atoms with Crippen LogP contribution in [0.5, 0.6) is 0 Å². The highest BCUT2D eigenvalue weighted by Crippen LogP contribution is 2.33. The smallest absolute Gasteiger partial charge is 0.266 e. The van der Waals surface area contributed by atoms with Gasteiger partial charge in [-0.3, -0.25) is 14.5 Å². The lowest BCUT2D eigenvalue weighted by Gasteiger charge is -2.36. The SMILES string of the molecule is O=C(CCCCCN1C(=O)/C(=C\c2cccs2)SC1=S)N1CCN(c2ccccc2)CC1. The van der Waals surface area contributed by atoms with Gasteiger partial charge in [0.1, 0.15) is 4.32 Å². The Morgan fingerprint density at radius 2 is 1.78 bits per heavy atom. The molecule has 2 aliphatic rings. The highest BCUT2D eigenvalue weighted by atomic mass is 32.2. The summed E-state index contributed by atoms with van der Waals surface area (Å²) in [7, 11) is 0. The fourth-order valence-corrected chi connectivity index (χ4v) is 5.96. The molecule has 32 heavy (non-hydrogen) atoms. The second-order valence-electron chi connectivity index (χ2n) is 7.86. The largest absolute Gasteiger partial charge is 0.368 e. The number of nitrogens with zero attached hydrogens (tertiary/aromatic N) is 3. The lowest BCUT2D eigenvalue weighted by Crippen LogP contribution is -2.48. The number of thiocarbonyl (C=S) groups is 1. The van der Waals surface area contributed by atoms with Gasteiger partial charge in [0.05, 0.1) is 4.91 Å². The molecule has 0 radical (unpaired) electrons. The molecule has 0 bridgehead atoms. The Bertz CT molecular complexity index is 968. The fraction of sp³-hybridized carbons (Fsp3) is 0.375. The molecule has 2 aliphatic heterocycles. The van der Waals surface area contributed by atoms with E-state index in [4.69, 9.17) is 12.2 Å². The maximum Gasteiger partial charge on any atom is 0.266 e. The number of anilines is 1. The van der Waals surface area contributed by atoms with Crippen molar-refractivity contribution in [3.05, 3.63) is 57.6 Å². The van der Waals surface area contributed by atoms with Crippen molar-refractivity contribution >= 4 is 63.2 Å². The van der Waals surface area contributed by atoms with Gasteiger partial charge >= 0.3 is 0 Å². The number of thioether (sulfide) groups is 1. The summed E-state index contributed by atoms with van der Waals surface area (Å²) in [6.45, 7) is 3.94. The number of thiophene rings is 1. The van der Waals surface area contributed by atoms with Crippen LogP contribution in [0.1, 0.15) is 30.6 Å². The van der Waals surface area contributed by atoms with Gasteiger partial charge in [0.2, 0.25) is 5.91 Å². The van der Waals surface area contributed by atoms with Gasteiger partial charge in [0.25, 0.3) is 5.91 Å². The number of benzene rings is 1. The molecule has 0 unspecified atom stereocenters. The first kappa shape index (κ1) is 23.0. The van der Waals surface area contributed by atoms with Crippen LogP contribution in [-0.4, -0.2) is 58.7 Å². The van der Waals surface area contributed by atoms with Crippen molar-refractivity contribution < 1.29 is 9.59 Å². The molecule has 2 saturated heterocycles. The Kier molecular flexibility index (Phi) is 8.00. The Morgan fingerprint density at radius 1 is 1.00 bits per heavy atom. The van der Waals surface area contributed by atoms with Gasteiger partial charge in [0, 0.05) is 49.7 Å². The molecule has 0 atom stereocenters. The number of amides is 2. The number of para-hydroxylation sites is 1. The molecule has 8 heteroatoms. The first-order valence-corrected chi connectivity index (χ1v) is 13.1. The normalized spacial score (nSPS) is 18.1. The zero-order valence-electron chi connectivity index (χ0n) is 17.9. The van der Waals surface area contributed by atoms with E-state index >= 15 is 0 Å². The van der Waals surface area contributed by atoms with Crippen molar-refractivity contribution in [1.29, 1.82) is 0 Å². The molecule has 1 aromatic heterocycles. The summed E-state index contributed by atoms with van der Waals surface area (Å²) in [6.07, 6.45) is 5.10. The van der Waals surface area contributed by atoms with E-state index < -0.39 is 0 Å². The van der Waals surface area contributed by atoms with Gasteiger partial charge in [-0.1, -0.05) is 54.7 Å². The Hall–Kier alpha value is -2.16. The lowest BCUT2D eigenvalue weighted by atomic mass is 10.1. The van der Waals surface area contributed by atoms with Gasteiger partial charge in [-0.15, -0.1) is 11.3 Å². The zero-order chi connectivity index (χ0) is 22.3. The van der Waals surface area contributed by atoms with E-state index in [9.17, 15) is 9.59 Å². The molecule has 0 spiro atoms. The van der Waals surface area contributed by atoms with E-state index in [2.05, 4.69) is 29.2 Å². The van der Waals surface area contributed by atoms with E-state index in [1.165, 1.54) is 17.4 Å². The van der Waals surface area contributed by atoms with Gasteiger partial charge < -0.3 is 9.80 Å². The first-order chi connectivity index (χ1) is 15.6. The Morgan fingerprint density at radius 3 is 2.50 bits per heavy atom. The van der Waals surface area contributed by atoms with Crippen molar-refractivity contribution in [2.75, 3.05) is 37.6 Å². The zero-order valence-corrected chi connectivity index (χ0v) is 20.4. The maximum absolute atomic E-state index is 12.6. The molecule has 5 nitrogen and oxygen atoms in total. The van der Waals surface area contributed by atoms with Gasteiger partial charge in [0.15, 0.2) is 0 Å². The molecule has 2 aromatic rings. The Balaban J connectivity index is 1.14. The van der Waals surface area contributed by atoms with Crippen LogP contribution < -0.4 is 4.90 Å². The van der Waals surface area contributed by atoms with E-state index in [1.807, 2.05) is 34.6 Å². The van der Waals surface area contributed by atoms with E-state index in [1.54, 1.807) is 16.2 Å². The number of hydrogen-bond donors (Lipinski definition) is 0. The standard InChI is InChI=1S/C24H27N3O2S3/c28-22(26-15-13-25(14-16-26)19-8-3-1-4-9-19)11-5-2-6-12-27-23(29)21(32-24(27)30)18-20-10-7-17-31-20/h1,3-4,7-10,17-18H,2,5-6,11-16H2/b21-18+. The molecule has 0 N–H and O–H groups in total. The average molecular weight is 486 g/mol. The number of piperazine rings is 1. The highest BCUT2D eigenvalue weighted by molar-refractivity contribution is 8.26. The second kappa shape index (κ2) is 11.1. The number of hydrogen-bond acceptors (Lipinski definition) is 6. The Labute approximate surface area is 203 Å². The van der Waals surface area contributed by atoms with Gasteiger partial charge in [-0.2, -0.15) is 0 Å². The summed E-state index contributed by atoms with van der Waals surface area (Å²) in [4.78, 5) is 33.0. The van der Waals surface area contributed by atoms with Crippen molar-refractivity contribution in [1.82, 2.24) is 9.80 Å². The first-order valence-electron chi connectivity index (χ1n) is 11.0. The van der Waals surface area contributed by atoms with E-state index in [0.717, 1.165) is 50.3 Å². The van der Waals surface area contributed by atoms with E-state index in [-0.39, 0.29) is 11.8 Å². The second-order valence-corrected chi connectivity index (χ2v) is 10.5.